The zero-order valence-electron chi connectivity index (χ0n) is 35.3. The van der Waals surface area contributed by atoms with Crippen LogP contribution in [0.4, 0.5) is 26.4 Å². The van der Waals surface area contributed by atoms with Crippen molar-refractivity contribution in [1.29, 1.82) is 0 Å². The normalized spacial score (nSPS) is 23.3. The van der Waals surface area contributed by atoms with Crippen LogP contribution in [0, 0.1) is 6.92 Å². The van der Waals surface area contributed by atoms with Crippen LogP contribution in [0.2, 0.25) is 0 Å². The van der Waals surface area contributed by atoms with E-state index in [4.69, 9.17) is 15.2 Å². The topological polar surface area (TPSA) is 172 Å². The number of nitrogen functional groups attached to an aromatic ring is 1. The predicted octanol–water partition coefficient (Wildman–Crippen LogP) is 5.77. The highest BCUT2D eigenvalue weighted by atomic mass is 19.1. The van der Waals surface area contributed by atoms with E-state index in [9.17, 15) is 19.5 Å². The number of nitrogens with one attached hydrogen (secondary N) is 1. The Balaban J connectivity index is 0.738. The van der Waals surface area contributed by atoms with Gasteiger partial charge in [-0.3, -0.25) is 19.8 Å². The quantitative estimate of drug-likeness (QED) is 0.173. The first-order chi connectivity index (χ1) is 30.5. The van der Waals surface area contributed by atoms with Gasteiger partial charge in [0.05, 0.1) is 30.6 Å². The van der Waals surface area contributed by atoms with E-state index in [0.29, 0.717) is 81.3 Å². The van der Waals surface area contributed by atoms with Crippen molar-refractivity contribution in [2.75, 3.05) is 74.6 Å². The summed E-state index contributed by atoms with van der Waals surface area (Å²) in [4.78, 5) is 45.8. The van der Waals surface area contributed by atoms with Crippen LogP contribution in [0.25, 0.3) is 22.2 Å². The summed E-state index contributed by atoms with van der Waals surface area (Å²) in [6.07, 6.45) is 4.21. The zero-order valence-corrected chi connectivity index (χ0v) is 35.3. The molecule has 5 aromatic rings. The van der Waals surface area contributed by atoms with Crippen LogP contribution in [0.3, 0.4) is 0 Å². The van der Waals surface area contributed by atoms with Gasteiger partial charge < -0.3 is 39.6 Å². The van der Waals surface area contributed by atoms with Crippen LogP contribution in [-0.4, -0.2) is 124 Å². The lowest BCUT2D eigenvalue weighted by Crippen LogP contribution is -2.52. The van der Waals surface area contributed by atoms with Gasteiger partial charge in [0.2, 0.25) is 5.91 Å². The molecule has 2 aromatic heterocycles. The summed E-state index contributed by atoms with van der Waals surface area (Å²) in [6.45, 7) is 6.35. The first-order valence-electron chi connectivity index (χ1n) is 21.9. The van der Waals surface area contributed by atoms with E-state index in [1.807, 2.05) is 49.4 Å². The van der Waals surface area contributed by atoms with Crippen LogP contribution >= 0.6 is 0 Å². The number of halogens is 1. The van der Waals surface area contributed by atoms with E-state index in [2.05, 4.69) is 48.2 Å². The third-order valence-corrected chi connectivity index (χ3v) is 13.7. The molecule has 16 heteroatoms. The van der Waals surface area contributed by atoms with Gasteiger partial charge in [0.25, 0.3) is 5.91 Å². The second-order valence-electron chi connectivity index (χ2n) is 17.7. The number of amides is 4. The van der Waals surface area contributed by atoms with E-state index < -0.39 is 5.67 Å². The van der Waals surface area contributed by atoms with Crippen molar-refractivity contribution in [3.8, 4) is 17.0 Å². The number of anilines is 3. The minimum Gasteiger partial charge on any atom is -0.507 e. The maximum absolute atomic E-state index is 16.4. The number of phenolic OH excluding ortho intramolecular Hbond substituents is 1. The smallest absolute Gasteiger partial charge is 0.328 e. The molecule has 5 aliphatic heterocycles. The van der Waals surface area contributed by atoms with Crippen LogP contribution in [-0.2, 0) is 14.3 Å². The van der Waals surface area contributed by atoms with E-state index in [-0.39, 0.29) is 60.1 Å². The van der Waals surface area contributed by atoms with Gasteiger partial charge in [-0.1, -0.05) is 24.3 Å². The zero-order chi connectivity index (χ0) is 43.4. The van der Waals surface area contributed by atoms with E-state index >= 15 is 4.39 Å². The fourth-order valence-corrected chi connectivity index (χ4v) is 10.2. The number of nitrogens with two attached hydrogens (primary N) is 1. The number of urea groups is 1. The number of ether oxygens (including phenoxy) is 2. The number of hydrogen-bond donors (Lipinski definition) is 3. The standard InChI is InChI=1S/C47H52FN9O6/c1-29-22-37-32(23-36(29)56-19-13-43(59)50-46(56)61)10-18-55(37)33-11-16-53(17-12-33)28-47(48)14-20-54(21-15-47)45(60)31-8-6-30(7-9-31)41-25-57(39-26-62-27-42(39)63-41)38-24-35(51-52-44(38)49)34-4-2-3-5-40(34)58/h2-10,18,22-24,33,39,41-42,58H,11-17,19-21,25-28H2,1H3,(H2,49,52)(H,50,59,61)/t39-,41+,42+/m1/s1. The number of piperidine rings is 2. The summed E-state index contributed by atoms with van der Waals surface area (Å²) in [5.41, 5.74) is 11.1. The van der Waals surface area contributed by atoms with E-state index in [1.165, 1.54) is 0 Å². The highest BCUT2D eigenvalue weighted by Crippen LogP contribution is 2.40. The number of benzene rings is 3. The Morgan fingerprint density at radius 2 is 1.73 bits per heavy atom. The van der Waals surface area contributed by atoms with Gasteiger partial charge in [-0.15, -0.1) is 10.2 Å². The summed E-state index contributed by atoms with van der Waals surface area (Å²) in [6, 6.07) is 22.4. The molecule has 5 aliphatic rings. The number of para-hydroxylation sites is 1. The minimum absolute atomic E-state index is 0.0848. The molecular weight excluding hydrogens is 806 g/mol. The number of aromatic hydroxyl groups is 1. The molecule has 7 heterocycles. The molecule has 5 fully saturated rings. The molecule has 3 atom stereocenters. The molecule has 63 heavy (non-hydrogen) atoms. The Bertz CT molecular complexity index is 2550. The second kappa shape index (κ2) is 16.5. The van der Waals surface area contributed by atoms with Crippen LogP contribution in [0.1, 0.15) is 65.7 Å². The van der Waals surface area contributed by atoms with E-state index in [1.54, 1.807) is 28.0 Å². The monoisotopic (exact) mass is 857 g/mol. The number of imide groups is 1. The number of carbonyl (C=O) groups excluding carboxylic acids is 3. The van der Waals surface area contributed by atoms with Crippen molar-refractivity contribution >= 4 is 45.9 Å². The van der Waals surface area contributed by atoms with Gasteiger partial charge in [0.1, 0.15) is 23.6 Å². The maximum atomic E-state index is 16.4. The number of fused-ring (bicyclic) bond motifs is 2. The first kappa shape index (κ1) is 40.9. The third kappa shape index (κ3) is 7.95. The molecule has 10 rings (SSSR count). The average Bonchev–Trinajstić information content (AvgIpc) is 3.94. The predicted molar refractivity (Wildman–Crippen MR) is 235 cm³/mol. The SMILES string of the molecule is Cc1cc2c(ccn2C2CCN(CC3(F)CCN(C(=O)c4ccc([C@@H]5CN(c6cc(-c7ccccc7O)nnc6N)[C@@H]6COC[C@@H]6O5)cc4)CC3)CC2)cc1N1CCC(=O)NC1=O. The Hall–Kier alpha value is -6.10. The lowest BCUT2D eigenvalue weighted by atomic mass is 9.91. The molecule has 0 unspecified atom stereocenters. The lowest BCUT2D eigenvalue weighted by Gasteiger charge is -2.42. The van der Waals surface area contributed by atoms with Gasteiger partial charge in [-0.25, -0.2) is 9.18 Å². The largest absolute Gasteiger partial charge is 0.507 e. The molecule has 15 nitrogen and oxygen atoms in total. The lowest BCUT2D eigenvalue weighted by molar-refractivity contribution is -0.120. The molecule has 0 spiro atoms. The molecule has 0 radical (unpaired) electrons. The van der Waals surface area contributed by atoms with Crippen LogP contribution in [0.5, 0.6) is 5.75 Å². The number of hydrogen-bond acceptors (Lipinski definition) is 11. The Labute approximate surface area is 364 Å². The number of aryl methyl sites for hydroxylation is 1. The number of phenols is 1. The average molecular weight is 858 g/mol. The number of rotatable bonds is 8. The summed E-state index contributed by atoms with van der Waals surface area (Å²) >= 11 is 0. The summed E-state index contributed by atoms with van der Waals surface area (Å²) in [7, 11) is 0. The fourth-order valence-electron chi connectivity index (χ4n) is 10.2. The molecule has 0 aliphatic carbocycles. The molecule has 4 N–H and O–H groups in total. The van der Waals surface area contributed by atoms with Crippen molar-refractivity contribution in [2.24, 2.45) is 0 Å². The molecular formula is C47H52FN9O6. The van der Waals surface area contributed by atoms with Crippen LogP contribution < -0.4 is 20.9 Å². The molecule has 0 saturated carbocycles. The Morgan fingerprint density at radius 1 is 0.952 bits per heavy atom. The summed E-state index contributed by atoms with van der Waals surface area (Å²) in [5, 5.41) is 22.5. The van der Waals surface area contributed by atoms with Gasteiger partial charge in [0, 0.05) is 105 Å². The number of alkyl halides is 1. The van der Waals surface area contributed by atoms with Crippen LogP contribution in [0.15, 0.2) is 79.0 Å². The van der Waals surface area contributed by atoms with Crippen molar-refractivity contribution in [3.63, 3.8) is 0 Å². The number of nitrogens with zero attached hydrogens (tertiary/aromatic N) is 7. The minimum atomic E-state index is -1.37. The molecule has 0 bridgehead atoms. The third-order valence-electron chi connectivity index (χ3n) is 13.7. The highest BCUT2D eigenvalue weighted by molar-refractivity contribution is 6.06. The highest BCUT2D eigenvalue weighted by Gasteiger charge is 2.43. The van der Waals surface area contributed by atoms with Crippen molar-refractivity contribution in [3.05, 3.63) is 95.7 Å². The first-order valence-corrected chi connectivity index (χ1v) is 21.9. The number of likely N-dealkylation sites (tertiary alicyclic amines) is 2. The molecule has 328 valence electrons. The van der Waals surface area contributed by atoms with E-state index in [0.717, 1.165) is 53.6 Å². The Kier molecular flexibility index (Phi) is 10.8. The number of aromatic nitrogens is 3. The second-order valence-corrected chi connectivity index (χ2v) is 17.7. The van der Waals surface area contributed by atoms with Gasteiger partial charge in [-0.2, -0.15) is 0 Å². The molecule has 5 saturated heterocycles. The fraction of sp³-hybridized carbons (Fsp3) is 0.426. The summed E-state index contributed by atoms with van der Waals surface area (Å²) < 4.78 is 31.1. The Morgan fingerprint density at radius 3 is 2.49 bits per heavy atom. The molecule has 4 amide bonds. The summed E-state index contributed by atoms with van der Waals surface area (Å²) in [5.74, 6) is 0.0109. The molecule has 3 aromatic carbocycles. The van der Waals surface area contributed by atoms with Crippen molar-refractivity contribution in [2.45, 2.75) is 69.0 Å². The van der Waals surface area contributed by atoms with Crippen molar-refractivity contribution < 1.29 is 33.4 Å². The van der Waals surface area contributed by atoms with Gasteiger partial charge >= 0.3 is 6.03 Å². The number of carbonyl (C=O) groups is 3. The van der Waals surface area contributed by atoms with Gasteiger partial charge in [0.15, 0.2) is 5.82 Å². The number of morpholine rings is 1. The van der Waals surface area contributed by atoms with Crippen molar-refractivity contribution in [1.82, 2.24) is 29.9 Å². The maximum Gasteiger partial charge on any atom is 0.328 e. The van der Waals surface area contributed by atoms with Gasteiger partial charge in [-0.05, 0) is 79.4 Å².